The Morgan fingerprint density at radius 3 is 2.14 bits per heavy atom. The summed E-state index contributed by atoms with van der Waals surface area (Å²) < 4.78 is 0. The second-order valence-electron chi connectivity index (χ2n) is 4.73. The van der Waals surface area contributed by atoms with Crippen LogP contribution in [0.1, 0.15) is 31.8 Å². The van der Waals surface area contributed by atoms with Crippen LogP contribution in [0.25, 0.3) is 0 Å². The summed E-state index contributed by atoms with van der Waals surface area (Å²) in [6.07, 6.45) is 0. The number of amides is 2. The van der Waals surface area contributed by atoms with Crippen LogP contribution >= 0.6 is 11.6 Å². The first-order chi connectivity index (χ1) is 9.97. The van der Waals surface area contributed by atoms with Gasteiger partial charge in [-0.1, -0.05) is 29.3 Å². The van der Waals surface area contributed by atoms with E-state index in [1.807, 2.05) is 26.0 Å². The smallest absolute Gasteiger partial charge is 0.267 e. The van der Waals surface area contributed by atoms with Crippen molar-refractivity contribution in [2.24, 2.45) is 0 Å². The first kappa shape index (κ1) is 15.1. The Morgan fingerprint density at radius 2 is 1.52 bits per heavy atom. The molecule has 0 saturated carbocycles. The maximum Gasteiger partial charge on any atom is 0.269 e. The standard InChI is InChI=1S/C16H15ClN2O2/c1-10-3-8-14(11(2)9-10)16(21)19-18-15(20)12-4-6-13(17)7-5-12/h3-9H,1-2H3,(H,18,20)(H,19,21). The zero-order chi connectivity index (χ0) is 15.4. The van der Waals surface area contributed by atoms with Crippen molar-refractivity contribution in [1.82, 2.24) is 10.9 Å². The van der Waals surface area contributed by atoms with Crippen molar-refractivity contribution in [1.29, 1.82) is 0 Å². The number of aryl methyl sites for hydroxylation is 2. The van der Waals surface area contributed by atoms with Crippen molar-refractivity contribution < 1.29 is 9.59 Å². The van der Waals surface area contributed by atoms with E-state index in [0.29, 0.717) is 16.1 Å². The molecule has 0 aliphatic carbocycles. The molecule has 0 unspecified atom stereocenters. The lowest BCUT2D eigenvalue weighted by atomic mass is 10.1. The monoisotopic (exact) mass is 302 g/mol. The van der Waals surface area contributed by atoms with Gasteiger partial charge in [-0.2, -0.15) is 0 Å². The maximum absolute atomic E-state index is 12.0. The zero-order valence-corrected chi connectivity index (χ0v) is 12.5. The van der Waals surface area contributed by atoms with Gasteiger partial charge in [0.1, 0.15) is 0 Å². The van der Waals surface area contributed by atoms with Gasteiger partial charge in [0.15, 0.2) is 0 Å². The molecule has 0 bridgehead atoms. The van der Waals surface area contributed by atoms with Crippen LogP contribution in [0.15, 0.2) is 42.5 Å². The van der Waals surface area contributed by atoms with E-state index in [-0.39, 0.29) is 5.91 Å². The number of carbonyl (C=O) groups excluding carboxylic acids is 2. The topological polar surface area (TPSA) is 58.2 Å². The molecule has 0 fully saturated rings. The highest BCUT2D eigenvalue weighted by molar-refractivity contribution is 6.30. The van der Waals surface area contributed by atoms with E-state index in [2.05, 4.69) is 10.9 Å². The van der Waals surface area contributed by atoms with Crippen LogP contribution in [-0.4, -0.2) is 11.8 Å². The highest BCUT2D eigenvalue weighted by Crippen LogP contribution is 2.11. The largest absolute Gasteiger partial charge is 0.269 e. The molecular weight excluding hydrogens is 288 g/mol. The van der Waals surface area contributed by atoms with E-state index < -0.39 is 5.91 Å². The summed E-state index contributed by atoms with van der Waals surface area (Å²) in [6.45, 7) is 3.81. The molecule has 0 radical (unpaired) electrons. The van der Waals surface area contributed by atoms with Gasteiger partial charge in [0.25, 0.3) is 11.8 Å². The highest BCUT2D eigenvalue weighted by atomic mass is 35.5. The molecule has 4 nitrogen and oxygen atoms in total. The third-order valence-corrected chi connectivity index (χ3v) is 3.27. The third kappa shape index (κ3) is 3.83. The number of halogens is 1. The second-order valence-corrected chi connectivity index (χ2v) is 5.17. The predicted molar refractivity (Wildman–Crippen MR) is 82.3 cm³/mol. The first-order valence-corrected chi connectivity index (χ1v) is 6.78. The second kappa shape index (κ2) is 6.41. The molecule has 2 aromatic rings. The molecule has 0 atom stereocenters. The number of hydrogen-bond donors (Lipinski definition) is 2. The molecule has 2 amide bonds. The Hall–Kier alpha value is -2.33. The van der Waals surface area contributed by atoms with Crippen LogP contribution in [-0.2, 0) is 0 Å². The van der Waals surface area contributed by atoms with Gasteiger partial charge in [0.2, 0.25) is 0 Å². The first-order valence-electron chi connectivity index (χ1n) is 6.41. The number of hydrazine groups is 1. The van der Waals surface area contributed by atoms with Crippen LogP contribution in [0.3, 0.4) is 0 Å². The van der Waals surface area contributed by atoms with Gasteiger partial charge in [-0.3, -0.25) is 20.4 Å². The molecule has 0 heterocycles. The Bertz CT molecular complexity index is 681. The van der Waals surface area contributed by atoms with Gasteiger partial charge in [-0.15, -0.1) is 0 Å². The summed E-state index contributed by atoms with van der Waals surface area (Å²) in [5, 5.41) is 0.547. The van der Waals surface area contributed by atoms with Gasteiger partial charge < -0.3 is 0 Å². The number of benzene rings is 2. The highest BCUT2D eigenvalue weighted by Gasteiger charge is 2.11. The summed E-state index contributed by atoms with van der Waals surface area (Å²) in [5.74, 6) is -0.750. The van der Waals surface area contributed by atoms with Crippen LogP contribution in [0.2, 0.25) is 5.02 Å². The average molecular weight is 303 g/mol. The Morgan fingerprint density at radius 1 is 0.905 bits per heavy atom. The molecule has 0 spiro atoms. The third-order valence-electron chi connectivity index (χ3n) is 3.02. The number of hydrogen-bond acceptors (Lipinski definition) is 2. The molecular formula is C16H15ClN2O2. The molecule has 2 aromatic carbocycles. The van der Waals surface area contributed by atoms with Crippen molar-refractivity contribution >= 4 is 23.4 Å². The van der Waals surface area contributed by atoms with Crippen molar-refractivity contribution in [2.75, 3.05) is 0 Å². The van der Waals surface area contributed by atoms with Crippen molar-refractivity contribution in [3.05, 3.63) is 69.7 Å². The number of rotatable bonds is 2. The maximum atomic E-state index is 12.0. The molecule has 2 N–H and O–H groups in total. The number of nitrogens with one attached hydrogen (secondary N) is 2. The minimum atomic E-state index is -0.398. The SMILES string of the molecule is Cc1ccc(C(=O)NNC(=O)c2ccc(Cl)cc2)c(C)c1. The molecule has 21 heavy (non-hydrogen) atoms. The Labute approximate surface area is 128 Å². The van der Waals surface area contributed by atoms with Crippen molar-refractivity contribution in [2.45, 2.75) is 13.8 Å². The van der Waals surface area contributed by atoms with Crippen LogP contribution in [0.5, 0.6) is 0 Å². The van der Waals surface area contributed by atoms with Crippen molar-refractivity contribution in [3.63, 3.8) is 0 Å². The average Bonchev–Trinajstić information content (AvgIpc) is 2.45. The van der Waals surface area contributed by atoms with Gasteiger partial charge in [-0.25, -0.2) is 0 Å². The summed E-state index contributed by atoms with van der Waals surface area (Å²) in [5.41, 5.74) is 7.65. The van der Waals surface area contributed by atoms with Crippen LogP contribution in [0.4, 0.5) is 0 Å². The fourth-order valence-electron chi connectivity index (χ4n) is 1.92. The molecule has 108 valence electrons. The minimum absolute atomic E-state index is 0.352. The fourth-order valence-corrected chi connectivity index (χ4v) is 2.05. The van der Waals surface area contributed by atoms with E-state index in [9.17, 15) is 9.59 Å². The number of carbonyl (C=O) groups is 2. The molecule has 0 aliphatic rings. The normalized spacial score (nSPS) is 10.0. The van der Waals surface area contributed by atoms with Gasteiger partial charge in [-0.05, 0) is 49.7 Å². The fraction of sp³-hybridized carbons (Fsp3) is 0.125. The van der Waals surface area contributed by atoms with E-state index >= 15 is 0 Å². The van der Waals surface area contributed by atoms with Gasteiger partial charge >= 0.3 is 0 Å². The molecule has 0 saturated heterocycles. The lowest BCUT2D eigenvalue weighted by Gasteiger charge is -2.09. The summed E-state index contributed by atoms with van der Waals surface area (Å²) in [7, 11) is 0. The molecule has 5 heteroatoms. The molecule has 2 rings (SSSR count). The van der Waals surface area contributed by atoms with Crippen molar-refractivity contribution in [3.8, 4) is 0 Å². The van der Waals surface area contributed by atoms with E-state index in [0.717, 1.165) is 11.1 Å². The quantitative estimate of drug-likeness (QED) is 0.838. The lowest BCUT2D eigenvalue weighted by molar-refractivity contribution is 0.0846. The Kier molecular flexibility index (Phi) is 4.60. The van der Waals surface area contributed by atoms with Crippen LogP contribution in [0, 0.1) is 13.8 Å². The molecule has 0 aliphatic heterocycles. The predicted octanol–water partition coefficient (Wildman–Crippen LogP) is 3.03. The lowest BCUT2D eigenvalue weighted by Crippen LogP contribution is -2.41. The Balaban J connectivity index is 2.00. The van der Waals surface area contributed by atoms with Crippen LogP contribution < -0.4 is 10.9 Å². The minimum Gasteiger partial charge on any atom is -0.267 e. The summed E-state index contributed by atoms with van der Waals surface area (Å²) in [6, 6.07) is 11.9. The molecule has 0 aromatic heterocycles. The summed E-state index contributed by atoms with van der Waals surface area (Å²) in [4.78, 5) is 23.9. The van der Waals surface area contributed by atoms with Gasteiger partial charge in [0.05, 0.1) is 0 Å². The van der Waals surface area contributed by atoms with E-state index in [1.165, 1.54) is 0 Å². The van der Waals surface area contributed by atoms with E-state index in [1.54, 1.807) is 30.3 Å². The van der Waals surface area contributed by atoms with E-state index in [4.69, 9.17) is 11.6 Å². The van der Waals surface area contributed by atoms with Gasteiger partial charge in [0, 0.05) is 16.1 Å². The summed E-state index contributed by atoms with van der Waals surface area (Å²) >= 11 is 5.75. The zero-order valence-electron chi connectivity index (χ0n) is 11.7.